The number of hydrogen-bond donors (Lipinski definition) is 2. The Hall–Kier alpha value is -3.33. The fourth-order valence-corrected chi connectivity index (χ4v) is 2.89. The smallest absolute Gasteiger partial charge is 0.138 e. The summed E-state index contributed by atoms with van der Waals surface area (Å²) < 4.78 is 0. The van der Waals surface area contributed by atoms with Gasteiger partial charge in [-0.1, -0.05) is 67.2 Å². The van der Waals surface area contributed by atoms with Crippen LogP contribution in [0.1, 0.15) is 5.56 Å². The molecule has 3 heteroatoms. The molecule has 0 aliphatic carbocycles. The van der Waals surface area contributed by atoms with E-state index in [1.165, 1.54) is 0 Å². The van der Waals surface area contributed by atoms with Crippen molar-refractivity contribution in [3.05, 3.63) is 84.9 Å². The number of benzene rings is 3. The first-order valence-electron chi connectivity index (χ1n) is 7.75. The van der Waals surface area contributed by atoms with Gasteiger partial charge in [-0.25, -0.2) is 4.98 Å². The van der Waals surface area contributed by atoms with E-state index in [0.29, 0.717) is 0 Å². The molecule has 3 nitrogen and oxygen atoms in total. The number of aliphatic hydroxyl groups is 1. The van der Waals surface area contributed by atoms with Crippen LogP contribution in [0.2, 0.25) is 0 Å². The van der Waals surface area contributed by atoms with E-state index >= 15 is 0 Å². The lowest BCUT2D eigenvalue weighted by molar-refractivity contribution is 0.514. The average Bonchev–Trinajstić information content (AvgIpc) is 3.05. The Kier molecular flexibility index (Phi) is 3.39. The number of aromatic nitrogens is 2. The SMILES string of the molecule is C=C(O)c1ccccc1-c1ccc2[nH]c(-c3ccccc3)nc2c1. The third-order valence-corrected chi connectivity index (χ3v) is 4.08. The molecule has 3 aromatic carbocycles. The Bertz CT molecular complexity index is 1030. The van der Waals surface area contributed by atoms with Crippen LogP contribution in [0.15, 0.2) is 79.4 Å². The third kappa shape index (κ3) is 2.46. The summed E-state index contributed by atoms with van der Waals surface area (Å²) >= 11 is 0. The van der Waals surface area contributed by atoms with Gasteiger partial charge in [0, 0.05) is 11.1 Å². The third-order valence-electron chi connectivity index (χ3n) is 4.08. The van der Waals surface area contributed by atoms with Crippen LogP contribution in [0, 0.1) is 0 Å². The topological polar surface area (TPSA) is 48.9 Å². The van der Waals surface area contributed by atoms with Gasteiger partial charge in [-0.3, -0.25) is 0 Å². The number of rotatable bonds is 3. The average molecular weight is 312 g/mol. The van der Waals surface area contributed by atoms with Crippen LogP contribution < -0.4 is 0 Å². The second-order valence-corrected chi connectivity index (χ2v) is 5.68. The molecule has 0 amide bonds. The van der Waals surface area contributed by atoms with Crippen LogP contribution >= 0.6 is 0 Å². The molecule has 116 valence electrons. The van der Waals surface area contributed by atoms with Gasteiger partial charge in [0.25, 0.3) is 0 Å². The van der Waals surface area contributed by atoms with Crippen molar-refractivity contribution in [1.82, 2.24) is 9.97 Å². The molecule has 0 aliphatic rings. The van der Waals surface area contributed by atoms with Gasteiger partial charge >= 0.3 is 0 Å². The van der Waals surface area contributed by atoms with E-state index in [-0.39, 0.29) is 5.76 Å². The summed E-state index contributed by atoms with van der Waals surface area (Å²) in [6.07, 6.45) is 0. The molecular weight excluding hydrogens is 296 g/mol. The standard InChI is InChI=1S/C21H16N2O/c1-14(24)17-9-5-6-10-18(17)16-11-12-19-20(13-16)23-21(22-19)15-7-3-2-4-8-15/h2-13,24H,1H2,(H,22,23). The molecule has 0 saturated heterocycles. The lowest BCUT2D eigenvalue weighted by Gasteiger charge is -2.08. The van der Waals surface area contributed by atoms with E-state index in [4.69, 9.17) is 4.98 Å². The Labute approximate surface area is 139 Å². The molecule has 0 aliphatic heterocycles. The molecule has 0 unspecified atom stereocenters. The monoisotopic (exact) mass is 312 g/mol. The number of aliphatic hydroxyl groups excluding tert-OH is 1. The van der Waals surface area contributed by atoms with E-state index in [1.54, 1.807) is 0 Å². The van der Waals surface area contributed by atoms with Crippen LogP contribution in [0.3, 0.4) is 0 Å². The molecule has 0 bridgehead atoms. The second kappa shape index (κ2) is 5.70. The lowest BCUT2D eigenvalue weighted by Crippen LogP contribution is -1.87. The molecule has 1 aromatic heterocycles. The minimum absolute atomic E-state index is 0.0673. The van der Waals surface area contributed by atoms with Gasteiger partial charge in [0.15, 0.2) is 0 Å². The quantitative estimate of drug-likeness (QED) is 0.496. The molecule has 0 radical (unpaired) electrons. The predicted octanol–water partition coefficient (Wildman–Crippen LogP) is 5.43. The highest BCUT2D eigenvalue weighted by Crippen LogP contribution is 2.30. The highest BCUT2D eigenvalue weighted by molar-refractivity contribution is 5.87. The molecule has 0 fully saturated rings. The molecule has 2 N–H and O–H groups in total. The zero-order chi connectivity index (χ0) is 16.5. The number of aromatic amines is 1. The summed E-state index contributed by atoms with van der Waals surface area (Å²) in [4.78, 5) is 8.05. The molecule has 0 saturated carbocycles. The normalized spacial score (nSPS) is 10.8. The summed E-state index contributed by atoms with van der Waals surface area (Å²) in [5.41, 5.74) is 5.60. The van der Waals surface area contributed by atoms with Crippen molar-refractivity contribution in [2.24, 2.45) is 0 Å². The van der Waals surface area contributed by atoms with Crippen LogP contribution in [-0.4, -0.2) is 15.1 Å². The van der Waals surface area contributed by atoms with Gasteiger partial charge in [-0.05, 0) is 23.3 Å². The minimum Gasteiger partial charge on any atom is -0.508 e. The number of fused-ring (bicyclic) bond motifs is 1. The van der Waals surface area contributed by atoms with Crippen molar-refractivity contribution in [3.8, 4) is 22.5 Å². The van der Waals surface area contributed by atoms with Crippen molar-refractivity contribution >= 4 is 16.8 Å². The molecule has 24 heavy (non-hydrogen) atoms. The van der Waals surface area contributed by atoms with Crippen LogP contribution in [-0.2, 0) is 0 Å². The van der Waals surface area contributed by atoms with E-state index in [0.717, 1.165) is 39.1 Å². The fourth-order valence-electron chi connectivity index (χ4n) is 2.89. The van der Waals surface area contributed by atoms with Crippen LogP contribution in [0.5, 0.6) is 0 Å². The van der Waals surface area contributed by atoms with Gasteiger partial charge in [-0.15, -0.1) is 0 Å². The summed E-state index contributed by atoms with van der Waals surface area (Å²) in [6.45, 7) is 3.65. The maximum atomic E-state index is 9.82. The van der Waals surface area contributed by atoms with E-state index in [9.17, 15) is 5.11 Å². The van der Waals surface area contributed by atoms with Crippen LogP contribution in [0.4, 0.5) is 0 Å². The molecule has 1 heterocycles. The van der Waals surface area contributed by atoms with Crippen molar-refractivity contribution in [3.63, 3.8) is 0 Å². The zero-order valence-corrected chi connectivity index (χ0v) is 13.0. The van der Waals surface area contributed by atoms with Crippen molar-refractivity contribution in [2.75, 3.05) is 0 Å². The van der Waals surface area contributed by atoms with Gasteiger partial charge in [0.05, 0.1) is 11.0 Å². The van der Waals surface area contributed by atoms with Crippen molar-refractivity contribution < 1.29 is 5.11 Å². The second-order valence-electron chi connectivity index (χ2n) is 5.68. The maximum Gasteiger partial charge on any atom is 0.138 e. The Morgan fingerprint density at radius 1 is 0.875 bits per heavy atom. The molecule has 4 aromatic rings. The van der Waals surface area contributed by atoms with Gasteiger partial charge in [0.2, 0.25) is 0 Å². The Balaban J connectivity index is 1.84. The highest BCUT2D eigenvalue weighted by atomic mass is 16.3. The minimum atomic E-state index is 0.0673. The van der Waals surface area contributed by atoms with Crippen LogP contribution in [0.25, 0.3) is 39.3 Å². The first-order valence-corrected chi connectivity index (χ1v) is 7.75. The molecule has 0 spiro atoms. The number of nitrogens with zero attached hydrogens (tertiary/aromatic N) is 1. The van der Waals surface area contributed by atoms with E-state index < -0.39 is 0 Å². The largest absolute Gasteiger partial charge is 0.508 e. The number of hydrogen-bond acceptors (Lipinski definition) is 2. The lowest BCUT2D eigenvalue weighted by atomic mass is 9.98. The molecule has 4 rings (SSSR count). The van der Waals surface area contributed by atoms with Crippen molar-refractivity contribution in [1.29, 1.82) is 0 Å². The van der Waals surface area contributed by atoms with Gasteiger partial charge in [0.1, 0.15) is 11.6 Å². The first-order chi connectivity index (χ1) is 11.7. The fraction of sp³-hybridized carbons (Fsp3) is 0. The summed E-state index contributed by atoms with van der Waals surface area (Å²) in [5, 5.41) is 9.82. The molecule has 0 atom stereocenters. The number of H-pyrrole nitrogens is 1. The Morgan fingerprint density at radius 2 is 1.62 bits per heavy atom. The zero-order valence-electron chi connectivity index (χ0n) is 13.0. The maximum absolute atomic E-state index is 9.82. The number of nitrogens with one attached hydrogen (secondary N) is 1. The first kappa shape index (κ1) is 14.3. The van der Waals surface area contributed by atoms with E-state index in [2.05, 4.69) is 11.6 Å². The number of imidazole rings is 1. The van der Waals surface area contributed by atoms with E-state index in [1.807, 2.05) is 72.8 Å². The predicted molar refractivity (Wildman–Crippen MR) is 98.6 cm³/mol. The summed E-state index contributed by atoms with van der Waals surface area (Å²) in [7, 11) is 0. The molecular formula is C21H16N2O. The summed E-state index contributed by atoms with van der Waals surface area (Å²) in [5.74, 6) is 0.917. The highest BCUT2D eigenvalue weighted by Gasteiger charge is 2.10. The van der Waals surface area contributed by atoms with Crippen molar-refractivity contribution in [2.45, 2.75) is 0 Å². The summed E-state index contributed by atoms with van der Waals surface area (Å²) in [6, 6.07) is 23.8. The Morgan fingerprint density at radius 3 is 2.42 bits per heavy atom. The van der Waals surface area contributed by atoms with Gasteiger partial charge in [-0.2, -0.15) is 0 Å². The van der Waals surface area contributed by atoms with Gasteiger partial charge < -0.3 is 10.1 Å².